The highest BCUT2D eigenvalue weighted by molar-refractivity contribution is 7.99. The van der Waals surface area contributed by atoms with E-state index in [0.717, 1.165) is 18.2 Å². The van der Waals surface area contributed by atoms with Gasteiger partial charge < -0.3 is 10.2 Å². The summed E-state index contributed by atoms with van der Waals surface area (Å²) in [6, 6.07) is 8.66. The van der Waals surface area contributed by atoms with Gasteiger partial charge in [-0.1, -0.05) is 19.1 Å². The minimum atomic E-state index is 0.834. The molecular weight excluding hydrogens is 240 g/mol. The van der Waals surface area contributed by atoms with Crippen molar-refractivity contribution in [2.24, 2.45) is 5.92 Å². The lowest BCUT2D eigenvalue weighted by atomic mass is 9.97. The van der Waals surface area contributed by atoms with Gasteiger partial charge >= 0.3 is 0 Å². The van der Waals surface area contributed by atoms with Gasteiger partial charge in [-0.25, -0.2) is 0 Å². The van der Waals surface area contributed by atoms with Crippen LogP contribution in [0.4, 0.5) is 5.69 Å². The number of nitrogens with one attached hydrogen (secondary N) is 1. The zero-order chi connectivity index (χ0) is 12.8. The van der Waals surface area contributed by atoms with E-state index in [1.807, 2.05) is 11.8 Å². The molecule has 100 valence electrons. The Hall–Kier alpha value is -0.670. The van der Waals surface area contributed by atoms with Gasteiger partial charge in [-0.15, -0.1) is 11.8 Å². The third-order valence-electron chi connectivity index (χ3n) is 3.61. The molecule has 0 radical (unpaired) electrons. The molecule has 1 fully saturated rings. The molecular formula is C15H24N2S. The first kappa shape index (κ1) is 13.8. The molecule has 0 aliphatic carbocycles. The Morgan fingerprint density at radius 3 is 2.72 bits per heavy atom. The van der Waals surface area contributed by atoms with Crippen LogP contribution in [-0.2, 0) is 0 Å². The fourth-order valence-corrected chi connectivity index (χ4v) is 3.20. The molecule has 0 saturated carbocycles. The predicted molar refractivity (Wildman–Crippen MR) is 81.6 cm³/mol. The number of benzene rings is 1. The molecule has 0 bridgehead atoms. The van der Waals surface area contributed by atoms with Crippen LogP contribution >= 0.6 is 11.8 Å². The van der Waals surface area contributed by atoms with Crippen LogP contribution < -0.4 is 5.32 Å². The van der Waals surface area contributed by atoms with E-state index in [0.29, 0.717) is 0 Å². The van der Waals surface area contributed by atoms with E-state index in [9.17, 15) is 0 Å². The average molecular weight is 264 g/mol. The highest BCUT2D eigenvalue weighted by Gasteiger charge is 2.16. The molecule has 18 heavy (non-hydrogen) atoms. The molecule has 0 spiro atoms. The average Bonchev–Trinajstić information content (AvgIpc) is 2.40. The van der Waals surface area contributed by atoms with Gasteiger partial charge in [0.05, 0.1) is 0 Å². The Morgan fingerprint density at radius 1 is 1.28 bits per heavy atom. The molecule has 1 aromatic carbocycles. The summed E-state index contributed by atoms with van der Waals surface area (Å²) in [6.45, 7) is 5.82. The number of para-hydroxylation sites is 1. The lowest BCUT2D eigenvalue weighted by molar-refractivity contribution is 0.226. The normalized spacial score (nSPS) is 17.9. The van der Waals surface area contributed by atoms with Crippen LogP contribution in [0.2, 0.25) is 0 Å². The van der Waals surface area contributed by atoms with Crippen LogP contribution in [0.5, 0.6) is 0 Å². The summed E-state index contributed by atoms with van der Waals surface area (Å²) >= 11 is 1.92. The predicted octanol–water partition coefficient (Wildman–Crippen LogP) is 3.55. The number of rotatable bonds is 5. The van der Waals surface area contributed by atoms with Gasteiger partial charge in [0.2, 0.25) is 0 Å². The van der Waals surface area contributed by atoms with Crippen molar-refractivity contribution >= 4 is 17.4 Å². The molecule has 2 rings (SSSR count). The molecule has 1 saturated heterocycles. The quantitative estimate of drug-likeness (QED) is 0.819. The van der Waals surface area contributed by atoms with E-state index in [-0.39, 0.29) is 0 Å². The Bertz CT molecular complexity index is 359. The highest BCUT2D eigenvalue weighted by atomic mass is 32.2. The molecule has 3 heteroatoms. The van der Waals surface area contributed by atoms with Crippen LogP contribution in [0.3, 0.4) is 0 Å². The minimum Gasteiger partial charge on any atom is -0.384 e. The van der Waals surface area contributed by atoms with Crippen molar-refractivity contribution in [3.63, 3.8) is 0 Å². The summed E-state index contributed by atoms with van der Waals surface area (Å²) in [6.07, 6.45) is 2.65. The lowest BCUT2D eigenvalue weighted by Crippen LogP contribution is -2.33. The SMILES string of the molecule is CCSc1ccccc1NCC1CCN(C)CC1. The first-order valence-corrected chi connectivity index (χ1v) is 7.92. The van der Waals surface area contributed by atoms with Crippen LogP contribution in [0.15, 0.2) is 29.2 Å². The number of piperidine rings is 1. The monoisotopic (exact) mass is 264 g/mol. The Labute approximate surface area is 115 Å². The molecule has 0 aromatic heterocycles. The molecule has 0 unspecified atom stereocenters. The van der Waals surface area contributed by atoms with Gasteiger partial charge in [0.25, 0.3) is 0 Å². The Morgan fingerprint density at radius 2 is 2.00 bits per heavy atom. The lowest BCUT2D eigenvalue weighted by Gasteiger charge is -2.29. The first-order valence-electron chi connectivity index (χ1n) is 6.94. The van der Waals surface area contributed by atoms with Gasteiger partial charge in [-0.05, 0) is 56.8 Å². The molecule has 1 aliphatic rings. The minimum absolute atomic E-state index is 0.834. The third kappa shape index (κ3) is 3.92. The fraction of sp³-hybridized carbons (Fsp3) is 0.600. The molecule has 1 heterocycles. The van der Waals surface area contributed by atoms with Crippen molar-refractivity contribution in [1.82, 2.24) is 4.90 Å². The molecule has 0 amide bonds. The number of thioether (sulfide) groups is 1. The number of anilines is 1. The van der Waals surface area contributed by atoms with E-state index in [1.165, 1.54) is 36.5 Å². The summed E-state index contributed by atoms with van der Waals surface area (Å²) in [5, 5.41) is 3.64. The molecule has 0 atom stereocenters. The maximum absolute atomic E-state index is 3.64. The maximum atomic E-state index is 3.64. The van der Waals surface area contributed by atoms with Crippen LogP contribution in [-0.4, -0.2) is 37.3 Å². The second kappa shape index (κ2) is 7.05. The van der Waals surface area contributed by atoms with Gasteiger partial charge in [0, 0.05) is 17.1 Å². The third-order valence-corrected chi connectivity index (χ3v) is 4.56. The van der Waals surface area contributed by atoms with Crippen molar-refractivity contribution in [3.05, 3.63) is 24.3 Å². The second-order valence-electron chi connectivity index (χ2n) is 5.06. The molecule has 1 aromatic rings. The fourth-order valence-electron chi connectivity index (χ4n) is 2.41. The van der Waals surface area contributed by atoms with Gasteiger partial charge in [-0.2, -0.15) is 0 Å². The van der Waals surface area contributed by atoms with E-state index < -0.39 is 0 Å². The van der Waals surface area contributed by atoms with Crippen molar-refractivity contribution in [2.45, 2.75) is 24.7 Å². The van der Waals surface area contributed by atoms with E-state index in [1.54, 1.807) is 0 Å². The Kier molecular flexibility index (Phi) is 5.39. The zero-order valence-electron chi connectivity index (χ0n) is 11.5. The van der Waals surface area contributed by atoms with Crippen molar-refractivity contribution in [2.75, 3.05) is 37.8 Å². The topological polar surface area (TPSA) is 15.3 Å². The first-order chi connectivity index (χ1) is 8.79. The summed E-state index contributed by atoms with van der Waals surface area (Å²) in [5.74, 6) is 1.97. The molecule has 1 aliphatic heterocycles. The smallest absolute Gasteiger partial charge is 0.0478 e. The van der Waals surface area contributed by atoms with Gasteiger partial charge in [0.15, 0.2) is 0 Å². The summed E-state index contributed by atoms with van der Waals surface area (Å²) in [4.78, 5) is 3.81. The van der Waals surface area contributed by atoms with Crippen molar-refractivity contribution < 1.29 is 0 Å². The summed E-state index contributed by atoms with van der Waals surface area (Å²) in [7, 11) is 2.22. The standard InChI is InChI=1S/C15H24N2S/c1-3-18-15-7-5-4-6-14(15)16-12-13-8-10-17(2)11-9-13/h4-7,13,16H,3,8-12H2,1-2H3. The summed E-state index contributed by atoms with van der Waals surface area (Å²) < 4.78 is 0. The van der Waals surface area contributed by atoms with E-state index >= 15 is 0 Å². The number of likely N-dealkylation sites (tertiary alicyclic amines) is 1. The molecule has 2 nitrogen and oxygen atoms in total. The number of nitrogens with zero attached hydrogens (tertiary/aromatic N) is 1. The molecule has 1 N–H and O–H groups in total. The number of hydrogen-bond acceptors (Lipinski definition) is 3. The van der Waals surface area contributed by atoms with E-state index in [4.69, 9.17) is 0 Å². The number of hydrogen-bond donors (Lipinski definition) is 1. The largest absolute Gasteiger partial charge is 0.384 e. The van der Waals surface area contributed by atoms with Crippen LogP contribution in [0, 0.1) is 5.92 Å². The van der Waals surface area contributed by atoms with Crippen LogP contribution in [0.1, 0.15) is 19.8 Å². The Balaban J connectivity index is 1.86. The van der Waals surface area contributed by atoms with Crippen molar-refractivity contribution in [1.29, 1.82) is 0 Å². The second-order valence-corrected chi connectivity index (χ2v) is 6.36. The summed E-state index contributed by atoms with van der Waals surface area (Å²) in [5.41, 5.74) is 1.31. The zero-order valence-corrected chi connectivity index (χ0v) is 12.3. The van der Waals surface area contributed by atoms with Crippen molar-refractivity contribution in [3.8, 4) is 0 Å². The van der Waals surface area contributed by atoms with Gasteiger partial charge in [-0.3, -0.25) is 0 Å². The maximum Gasteiger partial charge on any atom is 0.0478 e. The van der Waals surface area contributed by atoms with Gasteiger partial charge in [0.1, 0.15) is 0 Å². The van der Waals surface area contributed by atoms with E-state index in [2.05, 4.69) is 48.5 Å². The highest BCUT2D eigenvalue weighted by Crippen LogP contribution is 2.27. The van der Waals surface area contributed by atoms with Crippen LogP contribution in [0.25, 0.3) is 0 Å².